The van der Waals surface area contributed by atoms with Gasteiger partial charge in [0.25, 0.3) is 0 Å². The molecule has 0 saturated carbocycles. The van der Waals surface area contributed by atoms with E-state index in [1.54, 1.807) is 7.11 Å². The van der Waals surface area contributed by atoms with Gasteiger partial charge >= 0.3 is 0 Å². The Balaban J connectivity index is 0.00000529. The molecule has 0 fully saturated rings. The van der Waals surface area contributed by atoms with Crippen LogP contribution in [-0.4, -0.2) is 37.8 Å². The minimum Gasteiger partial charge on any atom is -0.497 e. The van der Waals surface area contributed by atoms with Crippen molar-refractivity contribution in [3.05, 3.63) is 29.8 Å². The van der Waals surface area contributed by atoms with E-state index in [0.717, 1.165) is 36.8 Å². The Morgan fingerprint density at radius 1 is 1.12 bits per heavy atom. The molecule has 0 radical (unpaired) electrons. The Morgan fingerprint density at radius 2 is 1.83 bits per heavy atom. The summed E-state index contributed by atoms with van der Waals surface area (Å²) in [4.78, 5) is 4.46. The van der Waals surface area contributed by atoms with Crippen LogP contribution in [0.15, 0.2) is 29.3 Å². The van der Waals surface area contributed by atoms with Gasteiger partial charge in [-0.3, -0.25) is 4.99 Å². The molecule has 6 heteroatoms. The van der Waals surface area contributed by atoms with Crippen molar-refractivity contribution >= 4 is 29.9 Å². The van der Waals surface area contributed by atoms with Crippen LogP contribution in [0.3, 0.4) is 0 Å². The first-order valence-electron chi connectivity index (χ1n) is 8.55. The number of ether oxygens (including phenoxy) is 1. The summed E-state index contributed by atoms with van der Waals surface area (Å²) in [7, 11) is 1.63. The molecule has 138 valence electrons. The average Bonchev–Trinajstić information content (AvgIpc) is 2.59. The number of halogens is 1. The van der Waals surface area contributed by atoms with Crippen molar-refractivity contribution in [3.8, 4) is 5.75 Å². The van der Waals surface area contributed by atoms with E-state index in [0.29, 0.717) is 6.54 Å². The number of rotatable bonds is 10. The third-order valence-corrected chi connectivity index (χ3v) is 3.59. The number of benzene rings is 1. The number of aliphatic hydroxyl groups excluding tert-OH is 1. The number of hydrogen-bond donors (Lipinski definition) is 3. The number of aliphatic imine (C=N–C) groups is 1. The second-order valence-corrected chi connectivity index (χ2v) is 5.50. The zero-order valence-electron chi connectivity index (χ0n) is 15.0. The third kappa shape index (κ3) is 9.32. The van der Waals surface area contributed by atoms with Gasteiger partial charge in [-0.25, -0.2) is 0 Å². The summed E-state index contributed by atoms with van der Waals surface area (Å²) >= 11 is 0. The van der Waals surface area contributed by atoms with Crippen LogP contribution in [-0.2, 0) is 0 Å². The Labute approximate surface area is 163 Å². The van der Waals surface area contributed by atoms with E-state index in [1.807, 2.05) is 31.2 Å². The molecule has 1 aromatic rings. The molecule has 0 heterocycles. The van der Waals surface area contributed by atoms with Gasteiger partial charge in [0.1, 0.15) is 5.75 Å². The Bertz CT molecular complexity index is 452. The van der Waals surface area contributed by atoms with Gasteiger partial charge in [-0.05, 0) is 31.0 Å². The van der Waals surface area contributed by atoms with E-state index in [9.17, 15) is 5.11 Å². The maximum atomic E-state index is 10.2. The molecule has 1 rings (SSSR count). The number of guanidine groups is 1. The molecular formula is C18H32IN3O2. The van der Waals surface area contributed by atoms with Gasteiger partial charge < -0.3 is 20.5 Å². The molecule has 0 aliphatic rings. The Kier molecular flexibility index (Phi) is 13.7. The molecule has 0 bridgehead atoms. The predicted molar refractivity (Wildman–Crippen MR) is 111 cm³/mol. The van der Waals surface area contributed by atoms with Gasteiger partial charge in [-0.15, -0.1) is 24.0 Å². The first-order chi connectivity index (χ1) is 11.2. The van der Waals surface area contributed by atoms with Gasteiger partial charge in [0.2, 0.25) is 0 Å². The molecule has 0 amide bonds. The molecule has 0 spiro atoms. The molecule has 24 heavy (non-hydrogen) atoms. The molecule has 1 atom stereocenters. The Morgan fingerprint density at radius 3 is 2.42 bits per heavy atom. The SMILES string of the molecule is CCCCCCNC(=NCC(O)c1ccc(OC)cc1)NCC.I. The maximum absolute atomic E-state index is 10.2. The van der Waals surface area contributed by atoms with Crippen molar-refractivity contribution in [2.75, 3.05) is 26.7 Å². The van der Waals surface area contributed by atoms with Crippen LogP contribution in [0, 0.1) is 0 Å². The lowest BCUT2D eigenvalue weighted by Crippen LogP contribution is -2.38. The van der Waals surface area contributed by atoms with Crippen LogP contribution < -0.4 is 15.4 Å². The molecule has 1 unspecified atom stereocenters. The summed E-state index contributed by atoms with van der Waals surface area (Å²) in [6.45, 7) is 6.29. The van der Waals surface area contributed by atoms with Gasteiger partial charge in [0.15, 0.2) is 5.96 Å². The van der Waals surface area contributed by atoms with Gasteiger partial charge in [-0.2, -0.15) is 0 Å². The first-order valence-corrected chi connectivity index (χ1v) is 8.55. The molecule has 3 N–H and O–H groups in total. The number of aliphatic hydroxyl groups is 1. The number of hydrogen-bond acceptors (Lipinski definition) is 3. The molecule has 0 aliphatic carbocycles. The van der Waals surface area contributed by atoms with E-state index in [2.05, 4.69) is 22.5 Å². The lowest BCUT2D eigenvalue weighted by atomic mass is 10.1. The average molecular weight is 449 g/mol. The van der Waals surface area contributed by atoms with Crippen molar-refractivity contribution in [3.63, 3.8) is 0 Å². The molecular weight excluding hydrogens is 417 g/mol. The largest absolute Gasteiger partial charge is 0.497 e. The van der Waals surface area contributed by atoms with Gasteiger partial charge in [0, 0.05) is 13.1 Å². The highest BCUT2D eigenvalue weighted by molar-refractivity contribution is 14.0. The summed E-state index contributed by atoms with van der Waals surface area (Å²) in [5.74, 6) is 1.54. The lowest BCUT2D eigenvalue weighted by molar-refractivity contribution is 0.187. The quantitative estimate of drug-likeness (QED) is 0.222. The first kappa shape index (κ1) is 23.0. The number of nitrogens with zero attached hydrogens (tertiary/aromatic N) is 1. The topological polar surface area (TPSA) is 65.9 Å². The highest BCUT2D eigenvalue weighted by Crippen LogP contribution is 2.17. The molecule has 1 aromatic carbocycles. The van der Waals surface area contributed by atoms with Crippen LogP contribution >= 0.6 is 24.0 Å². The minimum absolute atomic E-state index is 0. The van der Waals surface area contributed by atoms with E-state index in [1.165, 1.54) is 19.3 Å². The van der Waals surface area contributed by atoms with E-state index < -0.39 is 6.10 Å². The van der Waals surface area contributed by atoms with Crippen LogP contribution in [0.5, 0.6) is 5.75 Å². The summed E-state index contributed by atoms with van der Waals surface area (Å²) < 4.78 is 5.12. The fourth-order valence-corrected chi connectivity index (χ4v) is 2.21. The van der Waals surface area contributed by atoms with Crippen LogP contribution in [0.25, 0.3) is 0 Å². The fourth-order valence-electron chi connectivity index (χ4n) is 2.21. The molecule has 0 aromatic heterocycles. The van der Waals surface area contributed by atoms with Crippen LogP contribution in [0.1, 0.15) is 51.2 Å². The van der Waals surface area contributed by atoms with E-state index in [-0.39, 0.29) is 24.0 Å². The Hall–Kier alpha value is -1.02. The van der Waals surface area contributed by atoms with Crippen molar-refractivity contribution in [2.24, 2.45) is 4.99 Å². The molecule has 5 nitrogen and oxygen atoms in total. The zero-order chi connectivity index (χ0) is 16.9. The zero-order valence-corrected chi connectivity index (χ0v) is 17.4. The number of methoxy groups -OCH3 is 1. The minimum atomic E-state index is -0.614. The smallest absolute Gasteiger partial charge is 0.191 e. The lowest BCUT2D eigenvalue weighted by Gasteiger charge is -2.13. The molecule has 0 aliphatic heterocycles. The van der Waals surface area contributed by atoms with Gasteiger partial charge in [0.05, 0.1) is 19.8 Å². The number of unbranched alkanes of at least 4 members (excludes halogenated alkanes) is 3. The summed E-state index contributed by atoms with van der Waals surface area (Å²) in [5, 5.41) is 16.8. The molecule has 0 saturated heterocycles. The summed E-state index contributed by atoms with van der Waals surface area (Å²) in [6, 6.07) is 7.42. The van der Waals surface area contributed by atoms with Gasteiger partial charge in [-0.1, -0.05) is 38.3 Å². The predicted octanol–water partition coefficient (Wildman–Crippen LogP) is 3.48. The third-order valence-electron chi connectivity index (χ3n) is 3.59. The van der Waals surface area contributed by atoms with Crippen molar-refractivity contribution < 1.29 is 9.84 Å². The number of nitrogens with one attached hydrogen (secondary N) is 2. The standard InChI is InChI=1S/C18H31N3O2.HI/c1-4-6-7-8-13-20-18(19-5-2)21-14-17(22)15-9-11-16(23-3)12-10-15;/h9-12,17,22H,4-8,13-14H2,1-3H3,(H2,19,20,21);1H. The summed E-state index contributed by atoms with van der Waals surface area (Å²) in [5.41, 5.74) is 0.841. The van der Waals surface area contributed by atoms with Crippen LogP contribution in [0.4, 0.5) is 0 Å². The van der Waals surface area contributed by atoms with Crippen molar-refractivity contribution in [1.29, 1.82) is 0 Å². The normalized spacial score (nSPS) is 12.2. The monoisotopic (exact) mass is 449 g/mol. The second-order valence-electron chi connectivity index (χ2n) is 5.50. The van der Waals surface area contributed by atoms with Crippen molar-refractivity contribution in [2.45, 2.75) is 45.6 Å². The van der Waals surface area contributed by atoms with Crippen molar-refractivity contribution in [1.82, 2.24) is 10.6 Å². The highest BCUT2D eigenvalue weighted by Gasteiger charge is 2.07. The second kappa shape index (κ2) is 14.3. The highest BCUT2D eigenvalue weighted by atomic mass is 127. The maximum Gasteiger partial charge on any atom is 0.191 e. The summed E-state index contributed by atoms with van der Waals surface area (Å²) in [6.07, 6.45) is 4.26. The van der Waals surface area contributed by atoms with Crippen LogP contribution in [0.2, 0.25) is 0 Å². The van der Waals surface area contributed by atoms with E-state index >= 15 is 0 Å². The fraction of sp³-hybridized carbons (Fsp3) is 0.611. The van der Waals surface area contributed by atoms with E-state index in [4.69, 9.17) is 4.74 Å².